The molecular formula is C63H98O5. The van der Waals surface area contributed by atoms with Crippen LogP contribution in [0.3, 0.4) is 0 Å². The molecule has 0 saturated carbocycles. The van der Waals surface area contributed by atoms with Gasteiger partial charge in [0, 0.05) is 13.0 Å². The van der Waals surface area contributed by atoms with Gasteiger partial charge in [-0.25, -0.2) is 0 Å². The van der Waals surface area contributed by atoms with Crippen LogP contribution in [-0.4, -0.2) is 37.9 Å². The third kappa shape index (κ3) is 54.1. The zero-order chi connectivity index (χ0) is 49.2. The van der Waals surface area contributed by atoms with Gasteiger partial charge in [0.2, 0.25) is 0 Å². The van der Waals surface area contributed by atoms with Crippen LogP contribution >= 0.6 is 0 Å². The highest BCUT2D eigenvalue weighted by Crippen LogP contribution is 2.11. The predicted octanol–water partition coefficient (Wildman–Crippen LogP) is 18.7. The molecule has 0 heterocycles. The van der Waals surface area contributed by atoms with Crippen LogP contribution in [0.2, 0.25) is 0 Å². The Hall–Kier alpha value is -4.48. The first kappa shape index (κ1) is 63.5. The standard InChI is InChI=1S/C63H98O5/c1-4-7-10-13-16-19-22-25-28-30-32-33-36-38-41-44-47-50-53-56-62(64)67-60-61(68-63(65)57-54-51-48-45-42-39-35-27-24-21-18-15-12-9-6-3)59-66-58-55-52-49-46-43-40-37-34-31-29-26-23-20-17-14-11-8-5-2/h8-9,11-12,16-21,25-29,32-35,37,42-43,45-46,51,54,61H,4-7,10,13-15,22-24,30-31,36,38-41,44,47-50,52-53,55-60H2,1-3H3/b11-8-,12-9-,19-16-,20-17-,21-18-,28-25-,29-26-,33-32-,35-27-,37-34-,45-42-,46-43-,54-51-. The van der Waals surface area contributed by atoms with Crippen molar-refractivity contribution in [2.45, 2.75) is 207 Å². The maximum atomic E-state index is 12.8. The predicted molar refractivity (Wildman–Crippen MR) is 297 cm³/mol. The number of allylic oxidation sites excluding steroid dienone is 25. The number of ether oxygens (including phenoxy) is 3. The molecule has 0 aromatic rings. The largest absolute Gasteiger partial charge is 0.462 e. The minimum atomic E-state index is -0.632. The van der Waals surface area contributed by atoms with Gasteiger partial charge in [0.25, 0.3) is 0 Å². The number of carbonyl (C=O) groups excluding carboxylic acids is 2. The molecule has 0 aliphatic rings. The lowest BCUT2D eigenvalue weighted by Gasteiger charge is -2.18. The summed E-state index contributed by atoms with van der Waals surface area (Å²) in [5.41, 5.74) is 0. The van der Waals surface area contributed by atoms with E-state index in [1.165, 1.54) is 44.9 Å². The second-order valence-electron chi connectivity index (χ2n) is 17.0. The molecule has 0 bridgehead atoms. The number of hydrogen-bond acceptors (Lipinski definition) is 5. The summed E-state index contributed by atoms with van der Waals surface area (Å²) in [5, 5.41) is 0. The first-order valence-corrected chi connectivity index (χ1v) is 27.0. The number of carbonyl (C=O) groups is 2. The lowest BCUT2D eigenvalue weighted by atomic mass is 10.1. The Morgan fingerprint density at radius 2 is 0.706 bits per heavy atom. The van der Waals surface area contributed by atoms with Crippen molar-refractivity contribution in [3.63, 3.8) is 0 Å². The third-order valence-electron chi connectivity index (χ3n) is 10.6. The van der Waals surface area contributed by atoms with Gasteiger partial charge in [-0.2, -0.15) is 0 Å². The van der Waals surface area contributed by atoms with Gasteiger partial charge in [0.15, 0.2) is 6.10 Å². The van der Waals surface area contributed by atoms with Gasteiger partial charge in [-0.3, -0.25) is 9.59 Å². The molecule has 5 nitrogen and oxygen atoms in total. The van der Waals surface area contributed by atoms with Crippen LogP contribution in [-0.2, 0) is 23.8 Å². The lowest BCUT2D eigenvalue weighted by molar-refractivity contribution is -0.162. The van der Waals surface area contributed by atoms with Gasteiger partial charge in [-0.15, -0.1) is 0 Å². The fourth-order valence-corrected chi connectivity index (χ4v) is 6.62. The second kappa shape index (κ2) is 56.8. The molecule has 1 atom stereocenters. The van der Waals surface area contributed by atoms with Crippen molar-refractivity contribution in [3.8, 4) is 0 Å². The van der Waals surface area contributed by atoms with Crippen LogP contribution in [0.4, 0.5) is 0 Å². The molecule has 5 heteroatoms. The van der Waals surface area contributed by atoms with E-state index in [0.717, 1.165) is 122 Å². The number of hydrogen-bond donors (Lipinski definition) is 0. The van der Waals surface area contributed by atoms with E-state index in [1.807, 2.05) is 12.2 Å². The molecule has 0 amide bonds. The van der Waals surface area contributed by atoms with Gasteiger partial charge in [-0.05, 0) is 128 Å². The number of esters is 2. The molecule has 0 spiro atoms. The highest BCUT2D eigenvalue weighted by Gasteiger charge is 2.17. The Kier molecular flexibility index (Phi) is 53.1. The monoisotopic (exact) mass is 935 g/mol. The van der Waals surface area contributed by atoms with E-state index in [-0.39, 0.29) is 31.6 Å². The Labute approximate surface area is 418 Å². The Morgan fingerprint density at radius 3 is 1.13 bits per heavy atom. The van der Waals surface area contributed by atoms with E-state index in [9.17, 15) is 9.59 Å². The SMILES string of the molecule is CC/C=C\C/C=C\C/C=C\C/C=C\C/C=C\CCCCOCC(COC(=O)CCCCCCCC/C=C\C/C=C\C/C=C\CCCCC)OC(=O)C/C=C\C/C=C\C/C=C\C/C=C\C/C=C\CC. The average Bonchev–Trinajstić information content (AvgIpc) is 3.34. The molecule has 1 unspecified atom stereocenters. The van der Waals surface area contributed by atoms with E-state index in [1.54, 1.807) is 0 Å². The fraction of sp³-hybridized carbons (Fsp3) is 0.556. The van der Waals surface area contributed by atoms with Crippen LogP contribution in [0.1, 0.15) is 201 Å². The summed E-state index contributed by atoms with van der Waals surface area (Å²) >= 11 is 0. The molecule has 0 fully saturated rings. The summed E-state index contributed by atoms with van der Waals surface area (Å²) in [6, 6.07) is 0. The van der Waals surface area contributed by atoms with Crippen LogP contribution in [0.15, 0.2) is 158 Å². The highest BCUT2D eigenvalue weighted by molar-refractivity contribution is 5.71. The zero-order valence-corrected chi connectivity index (χ0v) is 43.6. The van der Waals surface area contributed by atoms with Crippen LogP contribution in [0.5, 0.6) is 0 Å². The van der Waals surface area contributed by atoms with Gasteiger partial charge >= 0.3 is 11.9 Å². The molecular weight excluding hydrogens is 837 g/mol. The normalized spacial score (nSPS) is 13.5. The minimum absolute atomic E-state index is 0.00968. The molecule has 68 heavy (non-hydrogen) atoms. The van der Waals surface area contributed by atoms with Crippen molar-refractivity contribution >= 4 is 11.9 Å². The van der Waals surface area contributed by atoms with Crippen LogP contribution < -0.4 is 0 Å². The fourth-order valence-electron chi connectivity index (χ4n) is 6.62. The Balaban J connectivity index is 4.52. The van der Waals surface area contributed by atoms with Crippen molar-refractivity contribution in [2.75, 3.05) is 19.8 Å². The molecule has 0 rings (SSSR count). The molecule has 0 aromatic heterocycles. The van der Waals surface area contributed by atoms with Crippen molar-refractivity contribution in [1.82, 2.24) is 0 Å². The van der Waals surface area contributed by atoms with Gasteiger partial charge < -0.3 is 14.2 Å². The van der Waals surface area contributed by atoms with Crippen LogP contribution in [0, 0.1) is 0 Å². The molecule has 0 aliphatic carbocycles. The maximum Gasteiger partial charge on any atom is 0.310 e. The topological polar surface area (TPSA) is 61.8 Å². The van der Waals surface area contributed by atoms with E-state index < -0.39 is 6.10 Å². The zero-order valence-electron chi connectivity index (χ0n) is 43.6. The Bertz CT molecular complexity index is 1520. The average molecular weight is 935 g/mol. The highest BCUT2D eigenvalue weighted by atomic mass is 16.6. The van der Waals surface area contributed by atoms with E-state index in [0.29, 0.717) is 13.0 Å². The summed E-state index contributed by atoms with van der Waals surface area (Å²) in [7, 11) is 0. The first-order chi connectivity index (χ1) is 33.6. The molecule has 0 aromatic carbocycles. The molecule has 0 saturated heterocycles. The van der Waals surface area contributed by atoms with Crippen molar-refractivity contribution in [3.05, 3.63) is 158 Å². The smallest absolute Gasteiger partial charge is 0.310 e. The van der Waals surface area contributed by atoms with Crippen molar-refractivity contribution < 1.29 is 23.8 Å². The Morgan fingerprint density at radius 1 is 0.353 bits per heavy atom. The lowest BCUT2D eigenvalue weighted by Crippen LogP contribution is -2.29. The summed E-state index contributed by atoms with van der Waals surface area (Å²) in [6.45, 7) is 7.32. The first-order valence-electron chi connectivity index (χ1n) is 27.0. The maximum absolute atomic E-state index is 12.8. The van der Waals surface area contributed by atoms with E-state index >= 15 is 0 Å². The quantitative estimate of drug-likeness (QED) is 0.0346. The summed E-state index contributed by atoms with van der Waals surface area (Å²) < 4.78 is 17.3. The summed E-state index contributed by atoms with van der Waals surface area (Å²) in [4.78, 5) is 25.4. The molecule has 0 radical (unpaired) electrons. The van der Waals surface area contributed by atoms with E-state index in [4.69, 9.17) is 14.2 Å². The van der Waals surface area contributed by atoms with Crippen LogP contribution in [0.25, 0.3) is 0 Å². The van der Waals surface area contributed by atoms with Crippen molar-refractivity contribution in [1.29, 1.82) is 0 Å². The van der Waals surface area contributed by atoms with E-state index in [2.05, 4.69) is 167 Å². The second-order valence-corrected chi connectivity index (χ2v) is 17.0. The number of rotatable bonds is 47. The van der Waals surface area contributed by atoms with Gasteiger partial charge in [-0.1, -0.05) is 217 Å². The van der Waals surface area contributed by atoms with Crippen molar-refractivity contribution in [2.24, 2.45) is 0 Å². The summed E-state index contributed by atoms with van der Waals surface area (Å²) in [5.74, 6) is -0.596. The molecule has 380 valence electrons. The molecule has 0 N–H and O–H groups in total. The molecule has 0 aliphatic heterocycles. The summed E-state index contributed by atoms with van der Waals surface area (Å²) in [6.07, 6.45) is 84.3. The van der Waals surface area contributed by atoms with Gasteiger partial charge in [0.05, 0.1) is 13.0 Å². The third-order valence-corrected chi connectivity index (χ3v) is 10.6. The van der Waals surface area contributed by atoms with Gasteiger partial charge in [0.1, 0.15) is 6.61 Å². The number of unbranched alkanes of at least 4 members (excludes halogenated alkanes) is 11. The minimum Gasteiger partial charge on any atom is -0.462 e.